The van der Waals surface area contributed by atoms with E-state index in [4.69, 9.17) is 0 Å². The van der Waals surface area contributed by atoms with Gasteiger partial charge in [0.25, 0.3) is 0 Å². The molecule has 1 aromatic carbocycles. The van der Waals surface area contributed by atoms with Gasteiger partial charge in [-0.05, 0) is 12.5 Å². The minimum atomic E-state index is -3.05. The first-order chi connectivity index (χ1) is 9.40. The van der Waals surface area contributed by atoms with E-state index in [1.807, 2.05) is 31.2 Å². The number of sulfone groups is 1. The van der Waals surface area contributed by atoms with Crippen LogP contribution in [-0.4, -0.2) is 36.5 Å². The van der Waals surface area contributed by atoms with Gasteiger partial charge in [0, 0.05) is 18.0 Å². The second-order valence-electron chi connectivity index (χ2n) is 4.76. The third kappa shape index (κ3) is 3.33. The summed E-state index contributed by atoms with van der Waals surface area (Å²) < 4.78 is 23.9. The number of carbonyl (C=O) groups excluding carboxylic acids is 1. The van der Waals surface area contributed by atoms with Crippen molar-refractivity contribution in [1.82, 2.24) is 9.78 Å². The van der Waals surface area contributed by atoms with Crippen molar-refractivity contribution in [2.75, 3.05) is 12.0 Å². The molecule has 1 heterocycles. The Morgan fingerprint density at radius 2 is 2.00 bits per heavy atom. The average molecular weight is 292 g/mol. The first kappa shape index (κ1) is 14.5. The van der Waals surface area contributed by atoms with Crippen LogP contribution in [0.1, 0.15) is 15.9 Å². The van der Waals surface area contributed by atoms with Crippen molar-refractivity contribution in [1.29, 1.82) is 0 Å². The molecule has 2 aromatic rings. The normalized spacial score (nSPS) is 11.5. The van der Waals surface area contributed by atoms with E-state index in [1.165, 1.54) is 10.9 Å². The van der Waals surface area contributed by atoms with Crippen LogP contribution in [0.15, 0.2) is 30.5 Å². The molecule has 0 aliphatic heterocycles. The van der Waals surface area contributed by atoms with Crippen molar-refractivity contribution >= 4 is 16.1 Å². The van der Waals surface area contributed by atoms with E-state index in [2.05, 4.69) is 5.10 Å². The monoisotopic (exact) mass is 292 g/mol. The van der Waals surface area contributed by atoms with Gasteiger partial charge in [0.05, 0.1) is 17.9 Å². The summed E-state index contributed by atoms with van der Waals surface area (Å²) in [7, 11) is -3.05. The second-order valence-corrected chi connectivity index (χ2v) is 7.02. The topological polar surface area (TPSA) is 69.0 Å². The number of carbonyl (C=O) groups is 1. The summed E-state index contributed by atoms with van der Waals surface area (Å²) in [4.78, 5) is 11.2. The molecule has 0 aliphatic carbocycles. The zero-order valence-electron chi connectivity index (χ0n) is 11.4. The smallest absolute Gasteiger partial charge is 0.153 e. The number of nitrogens with zero attached hydrogens (tertiary/aromatic N) is 2. The fraction of sp³-hybridized carbons (Fsp3) is 0.286. The molecule has 1 aromatic heterocycles. The number of aromatic nitrogens is 2. The summed E-state index contributed by atoms with van der Waals surface area (Å²) in [6, 6.07) is 7.64. The van der Waals surface area contributed by atoms with Crippen LogP contribution in [0.2, 0.25) is 0 Å². The Balaban J connectivity index is 2.37. The quantitative estimate of drug-likeness (QED) is 0.787. The Hall–Kier alpha value is -1.95. The highest BCUT2D eigenvalue weighted by Crippen LogP contribution is 2.24. The van der Waals surface area contributed by atoms with Gasteiger partial charge < -0.3 is 0 Å². The molecule has 0 bridgehead atoms. The number of aldehydes is 1. The van der Waals surface area contributed by atoms with Gasteiger partial charge in [0.2, 0.25) is 0 Å². The molecule has 5 nitrogen and oxygen atoms in total. The maximum atomic E-state index is 11.2. The van der Waals surface area contributed by atoms with Crippen LogP contribution < -0.4 is 0 Å². The van der Waals surface area contributed by atoms with Crippen LogP contribution in [0.3, 0.4) is 0 Å². The Morgan fingerprint density at radius 1 is 1.30 bits per heavy atom. The van der Waals surface area contributed by atoms with Gasteiger partial charge in [-0.15, -0.1) is 0 Å². The second kappa shape index (κ2) is 5.58. The lowest BCUT2D eigenvalue weighted by molar-refractivity contribution is 0.112. The molecule has 106 valence electrons. The number of benzene rings is 1. The van der Waals surface area contributed by atoms with Crippen molar-refractivity contribution in [3.8, 4) is 11.3 Å². The minimum absolute atomic E-state index is 0.000187. The number of aryl methyl sites for hydroxylation is 2. The molecule has 0 saturated carbocycles. The molecule has 0 atom stereocenters. The van der Waals surface area contributed by atoms with Gasteiger partial charge >= 0.3 is 0 Å². The van der Waals surface area contributed by atoms with Crippen molar-refractivity contribution < 1.29 is 13.2 Å². The fourth-order valence-corrected chi connectivity index (χ4v) is 2.46. The summed E-state index contributed by atoms with van der Waals surface area (Å²) in [5.41, 5.74) is 2.95. The van der Waals surface area contributed by atoms with Gasteiger partial charge in [0.15, 0.2) is 6.29 Å². The van der Waals surface area contributed by atoms with Gasteiger partial charge in [0.1, 0.15) is 15.5 Å². The fourth-order valence-electron chi connectivity index (χ4n) is 1.94. The predicted molar refractivity (Wildman–Crippen MR) is 77.5 cm³/mol. The highest BCUT2D eigenvalue weighted by Gasteiger charge is 2.13. The maximum Gasteiger partial charge on any atom is 0.153 e. The third-order valence-electron chi connectivity index (χ3n) is 3.01. The van der Waals surface area contributed by atoms with Gasteiger partial charge in [-0.3, -0.25) is 9.48 Å². The lowest BCUT2D eigenvalue weighted by Crippen LogP contribution is -2.11. The van der Waals surface area contributed by atoms with Crippen molar-refractivity contribution in [3.05, 3.63) is 41.6 Å². The van der Waals surface area contributed by atoms with E-state index in [9.17, 15) is 13.2 Å². The van der Waals surface area contributed by atoms with Crippen LogP contribution >= 0.6 is 0 Å². The molecule has 0 radical (unpaired) electrons. The predicted octanol–water partition coefficient (Wildman–Crippen LogP) is 1.72. The highest BCUT2D eigenvalue weighted by atomic mass is 32.2. The summed E-state index contributed by atoms with van der Waals surface area (Å²) in [6.07, 6.45) is 3.51. The van der Waals surface area contributed by atoms with Gasteiger partial charge in [-0.25, -0.2) is 8.42 Å². The van der Waals surface area contributed by atoms with Crippen molar-refractivity contribution in [2.24, 2.45) is 0 Å². The molecule has 20 heavy (non-hydrogen) atoms. The summed E-state index contributed by atoms with van der Waals surface area (Å²) >= 11 is 0. The zero-order valence-corrected chi connectivity index (χ0v) is 12.2. The van der Waals surface area contributed by atoms with Crippen LogP contribution in [0.5, 0.6) is 0 Å². The summed E-state index contributed by atoms with van der Waals surface area (Å²) in [5.74, 6) is 0.000187. The standard InChI is InChI=1S/C14H16N2O3S/c1-11-5-3-4-6-13(11)14-12(10-17)9-16(15-14)7-8-20(2,18)19/h3-6,9-10H,7-8H2,1-2H3. The molecular formula is C14H16N2O3S. The lowest BCUT2D eigenvalue weighted by atomic mass is 10.0. The Labute approximate surface area is 118 Å². The van der Waals surface area contributed by atoms with Crippen LogP contribution in [0.25, 0.3) is 11.3 Å². The first-order valence-corrected chi connectivity index (χ1v) is 8.23. The lowest BCUT2D eigenvalue weighted by Gasteiger charge is -2.03. The molecule has 6 heteroatoms. The minimum Gasteiger partial charge on any atom is -0.298 e. The maximum absolute atomic E-state index is 11.2. The summed E-state index contributed by atoms with van der Waals surface area (Å²) in [6.45, 7) is 2.19. The SMILES string of the molecule is Cc1ccccc1-c1nn(CCS(C)(=O)=O)cc1C=O. The molecule has 0 saturated heterocycles. The van der Waals surface area contributed by atoms with E-state index < -0.39 is 9.84 Å². The number of hydrogen-bond acceptors (Lipinski definition) is 4. The molecule has 0 aliphatic rings. The van der Waals surface area contributed by atoms with Crippen LogP contribution in [0.4, 0.5) is 0 Å². The Bertz CT molecular complexity index is 733. The number of rotatable bonds is 5. The van der Waals surface area contributed by atoms with E-state index >= 15 is 0 Å². The van der Waals surface area contributed by atoms with E-state index in [0.29, 0.717) is 11.3 Å². The molecular weight excluding hydrogens is 276 g/mol. The molecule has 0 spiro atoms. The first-order valence-electron chi connectivity index (χ1n) is 6.17. The molecule has 0 unspecified atom stereocenters. The van der Waals surface area contributed by atoms with Crippen molar-refractivity contribution in [2.45, 2.75) is 13.5 Å². The average Bonchev–Trinajstić information content (AvgIpc) is 2.79. The largest absolute Gasteiger partial charge is 0.298 e. The van der Waals surface area contributed by atoms with E-state index in [0.717, 1.165) is 17.4 Å². The van der Waals surface area contributed by atoms with Crippen LogP contribution in [0, 0.1) is 6.92 Å². The van der Waals surface area contributed by atoms with Gasteiger partial charge in [-0.2, -0.15) is 5.10 Å². The van der Waals surface area contributed by atoms with Crippen molar-refractivity contribution in [3.63, 3.8) is 0 Å². The molecule has 0 amide bonds. The highest BCUT2D eigenvalue weighted by molar-refractivity contribution is 7.90. The zero-order chi connectivity index (χ0) is 14.8. The van der Waals surface area contributed by atoms with E-state index in [-0.39, 0.29) is 12.3 Å². The number of hydrogen-bond donors (Lipinski definition) is 0. The van der Waals surface area contributed by atoms with Gasteiger partial charge in [-0.1, -0.05) is 24.3 Å². The Kier molecular flexibility index (Phi) is 4.04. The molecule has 0 N–H and O–H groups in total. The molecule has 0 fully saturated rings. The molecule has 2 rings (SSSR count). The van der Waals surface area contributed by atoms with Crippen LogP contribution in [-0.2, 0) is 16.4 Å². The Morgan fingerprint density at radius 3 is 2.60 bits per heavy atom. The van der Waals surface area contributed by atoms with E-state index in [1.54, 1.807) is 6.20 Å². The third-order valence-corrected chi connectivity index (χ3v) is 3.93. The summed E-state index contributed by atoms with van der Waals surface area (Å²) in [5, 5.41) is 4.34.